The van der Waals surface area contributed by atoms with Crippen LogP contribution >= 0.6 is 11.3 Å². The second-order valence-electron chi connectivity index (χ2n) is 2.48. The normalized spacial score (nSPS) is 11.5. The van der Waals surface area contributed by atoms with Crippen LogP contribution in [0.4, 0.5) is 0 Å². The van der Waals surface area contributed by atoms with Crippen molar-refractivity contribution in [1.29, 1.82) is 10.5 Å². The number of nitrogens with zero attached hydrogens (tertiary/aromatic N) is 2. The Morgan fingerprint density at radius 1 is 1.47 bits per heavy atom. The van der Waals surface area contributed by atoms with E-state index in [1.54, 1.807) is 6.92 Å². The topological polar surface area (TPSA) is 79.9 Å². The molecule has 0 radical (unpaired) electrons. The molecule has 0 saturated heterocycles. The van der Waals surface area contributed by atoms with Gasteiger partial charge in [-0.1, -0.05) is 11.3 Å². The van der Waals surface area contributed by atoms with Crippen molar-refractivity contribution in [3.05, 3.63) is 10.4 Å². The van der Waals surface area contributed by atoms with Crippen molar-refractivity contribution in [3.8, 4) is 17.9 Å². The molecule has 0 saturated carbocycles. The van der Waals surface area contributed by atoms with Crippen LogP contribution in [0.5, 0.6) is 5.75 Å². The van der Waals surface area contributed by atoms with Crippen LogP contribution in [-0.4, -0.2) is 17.4 Å². The molecule has 0 bridgehead atoms. The van der Waals surface area contributed by atoms with Gasteiger partial charge in [0.15, 0.2) is 16.2 Å². The van der Waals surface area contributed by atoms with Crippen molar-refractivity contribution in [3.63, 3.8) is 0 Å². The lowest BCUT2D eigenvalue weighted by Crippen LogP contribution is -2.03. The van der Waals surface area contributed by atoms with Crippen molar-refractivity contribution < 1.29 is 9.29 Å². The lowest BCUT2D eigenvalue weighted by Gasteiger charge is -2.04. The van der Waals surface area contributed by atoms with E-state index in [-0.39, 0.29) is 11.3 Å². The first kappa shape index (κ1) is 11.9. The van der Waals surface area contributed by atoms with Crippen molar-refractivity contribution in [2.75, 3.05) is 12.9 Å². The average molecular weight is 240 g/mol. The smallest absolute Gasteiger partial charge is 0.229 e. The Bertz CT molecular complexity index is 442. The highest BCUT2D eigenvalue weighted by molar-refractivity contribution is 7.93. The minimum absolute atomic E-state index is 0.222. The van der Waals surface area contributed by atoms with Gasteiger partial charge in [0.2, 0.25) is 4.21 Å². The third-order valence-corrected chi connectivity index (χ3v) is 4.54. The lowest BCUT2D eigenvalue weighted by molar-refractivity contribution is 0.413. The zero-order valence-electron chi connectivity index (χ0n) is 8.23. The number of ether oxygens (including phenoxy) is 1. The summed E-state index contributed by atoms with van der Waals surface area (Å²) < 4.78 is 17.0. The predicted molar refractivity (Wildman–Crippen MR) is 57.3 cm³/mol. The number of thiophene rings is 1. The van der Waals surface area contributed by atoms with Crippen LogP contribution in [0.15, 0.2) is 4.21 Å². The Morgan fingerprint density at radius 2 is 2.13 bits per heavy atom. The quantitative estimate of drug-likeness (QED) is 0.752. The third-order valence-electron chi connectivity index (χ3n) is 1.72. The van der Waals surface area contributed by atoms with Crippen LogP contribution in [0.3, 0.4) is 0 Å². The molecule has 0 spiro atoms. The molecule has 0 fully saturated rings. The third kappa shape index (κ3) is 2.07. The Kier molecular flexibility index (Phi) is 3.98. The maximum absolute atomic E-state index is 11.6. The van der Waals surface area contributed by atoms with Crippen LogP contribution in [0.2, 0.25) is 0 Å². The molecule has 6 heteroatoms. The molecule has 0 aliphatic heterocycles. The van der Waals surface area contributed by atoms with Gasteiger partial charge in [0.1, 0.15) is 17.9 Å². The highest BCUT2D eigenvalue weighted by Crippen LogP contribution is 2.37. The van der Waals surface area contributed by atoms with Gasteiger partial charge < -0.3 is 9.29 Å². The Morgan fingerprint density at radius 3 is 2.53 bits per heavy atom. The van der Waals surface area contributed by atoms with E-state index in [1.807, 2.05) is 12.1 Å². The lowest BCUT2D eigenvalue weighted by atomic mass is 10.3. The Balaban J connectivity index is 3.37. The maximum atomic E-state index is 11.6. The molecule has 0 aliphatic carbocycles. The second-order valence-corrected chi connectivity index (χ2v) is 5.44. The summed E-state index contributed by atoms with van der Waals surface area (Å²) in [4.78, 5) is 0.297. The van der Waals surface area contributed by atoms with E-state index in [9.17, 15) is 4.55 Å². The molecule has 78 valence electrons. The number of rotatable bonds is 3. The zero-order valence-corrected chi connectivity index (χ0v) is 9.87. The maximum Gasteiger partial charge on any atom is 0.229 e. The number of hydrogen-bond donors (Lipinski definition) is 0. The van der Waals surface area contributed by atoms with Gasteiger partial charge in [-0.15, -0.1) is 0 Å². The molecule has 15 heavy (non-hydrogen) atoms. The fraction of sp³-hybridized carbons (Fsp3) is 0.333. The second kappa shape index (κ2) is 5.04. The molecule has 0 N–H and O–H groups in total. The van der Waals surface area contributed by atoms with E-state index < -0.39 is 11.2 Å². The van der Waals surface area contributed by atoms with E-state index in [0.717, 1.165) is 11.3 Å². The van der Waals surface area contributed by atoms with Crippen molar-refractivity contribution >= 4 is 22.5 Å². The molecule has 4 nitrogen and oxygen atoms in total. The fourth-order valence-electron chi connectivity index (χ4n) is 1.05. The van der Waals surface area contributed by atoms with E-state index >= 15 is 0 Å². The molecule has 1 aromatic heterocycles. The summed E-state index contributed by atoms with van der Waals surface area (Å²) in [5, 5.41) is 17.7. The minimum atomic E-state index is -1.23. The van der Waals surface area contributed by atoms with Crippen LogP contribution in [0, 0.1) is 22.7 Å². The molecular weight excluding hydrogens is 232 g/mol. The van der Waals surface area contributed by atoms with Gasteiger partial charge in [-0.25, -0.2) is 0 Å². The summed E-state index contributed by atoms with van der Waals surface area (Å²) in [5.41, 5.74) is 0.222. The van der Waals surface area contributed by atoms with Gasteiger partial charge in [-0.2, -0.15) is 10.5 Å². The first-order chi connectivity index (χ1) is 7.19. The molecule has 0 aliphatic rings. The van der Waals surface area contributed by atoms with E-state index in [1.165, 1.54) is 7.11 Å². The Hall–Kier alpha value is -1.21. The van der Waals surface area contributed by atoms with Gasteiger partial charge in [0.25, 0.3) is 0 Å². The van der Waals surface area contributed by atoms with Gasteiger partial charge in [-0.05, 0) is 18.1 Å². The molecule has 1 heterocycles. The van der Waals surface area contributed by atoms with Gasteiger partial charge in [0.05, 0.1) is 7.11 Å². The Labute approximate surface area is 94.9 Å². The number of hydrogen-bond acceptors (Lipinski definition) is 5. The van der Waals surface area contributed by atoms with Crippen molar-refractivity contribution in [2.24, 2.45) is 0 Å². The van der Waals surface area contributed by atoms with Crippen LogP contribution in [0.1, 0.15) is 17.4 Å². The number of nitriles is 2. The van der Waals surface area contributed by atoms with Crippen LogP contribution < -0.4 is 4.74 Å². The molecule has 0 aromatic carbocycles. The summed E-state index contributed by atoms with van der Waals surface area (Å²) in [6, 6.07) is 3.85. The van der Waals surface area contributed by atoms with Crippen LogP contribution in [0.25, 0.3) is 0 Å². The van der Waals surface area contributed by atoms with E-state index in [0.29, 0.717) is 14.8 Å². The first-order valence-electron chi connectivity index (χ1n) is 4.08. The van der Waals surface area contributed by atoms with Gasteiger partial charge >= 0.3 is 0 Å². The van der Waals surface area contributed by atoms with Gasteiger partial charge in [0, 0.05) is 0 Å². The molecule has 1 aromatic rings. The summed E-state index contributed by atoms with van der Waals surface area (Å²) in [7, 11) is 1.39. The summed E-state index contributed by atoms with van der Waals surface area (Å²) in [6.07, 6.45) is 0. The summed E-state index contributed by atoms with van der Waals surface area (Å²) >= 11 is -0.170. The number of methoxy groups -OCH3 is 1. The molecular formula is C9H8N2O2S2. The molecule has 1 atom stereocenters. The van der Waals surface area contributed by atoms with Crippen molar-refractivity contribution in [1.82, 2.24) is 0 Å². The highest BCUT2D eigenvalue weighted by atomic mass is 32.2. The molecule has 1 unspecified atom stereocenters. The molecule has 0 amide bonds. The predicted octanol–water partition coefficient (Wildman–Crippen LogP) is 1.63. The SMILES string of the molecule is CC[S+]([O-])c1sc(C#N)c(OC)c1C#N. The summed E-state index contributed by atoms with van der Waals surface area (Å²) in [5.74, 6) is 0.658. The summed E-state index contributed by atoms with van der Waals surface area (Å²) in [6.45, 7) is 1.76. The average Bonchev–Trinajstić information content (AvgIpc) is 2.65. The van der Waals surface area contributed by atoms with E-state index in [4.69, 9.17) is 15.3 Å². The largest absolute Gasteiger partial charge is 0.611 e. The van der Waals surface area contributed by atoms with Crippen LogP contribution in [-0.2, 0) is 11.2 Å². The van der Waals surface area contributed by atoms with Gasteiger partial charge in [-0.3, -0.25) is 0 Å². The molecule has 1 rings (SSSR count). The van der Waals surface area contributed by atoms with Crippen molar-refractivity contribution in [2.45, 2.75) is 11.1 Å². The standard InChI is InChI=1S/C9H8N2O2S2/c1-3-15(12)9-6(4-10)8(13-2)7(5-11)14-9/h3H2,1-2H3. The highest BCUT2D eigenvalue weighted by Gasteiger charge is 2.26. The fourth-order valence-corrected chi connectivity index (χ4v) is 3.41. The first-order valence-corrected chi connectivity index (χ1v) is 6.22. The zero-order chi connectivity index (χ0) is 11.4. The van der Waals surface area contributed by atoms with E-state index in [2.05, 4.69) is 0 Å². The minimum Gasteiger partial charge on any atom is -0.611 e. The monoisotopic (exact) mass is 240 g/mol.